The van der Waals surface area contributed by atoms with Crippen LogP contribution in [0.3, 0.4) is 0 Å². The van der Waals surface area contributed by atoms with Crippen molar-refractivity contribution in [2.45, 2.75) is 84.6 Å². The lowest BCUT2D eigenvalue weighted by Crippen LogP contribution is -2.54. The van der Waals surface area contributed by atoms with Gasteiger partial charge in [-0.2, -0.15) is 0 Å². The van der Waals surface area contributed by atoms with Crippen molar-refractivity contribution in [3.8, 4) is 0 Å². The van der Waals surface area contributed by atoms with E-state index in [2.05, 4.69) is 63.1 Å². The molecule has 5 rings (SSSR count). The number of pyridine rings is 1. The highest BCUT2D eigenvalue weighted by molar-refractivity contribution is 5.89. The number of aromatic nitrogens is 1. The third kappa shape index (κ3) is 5.23. The summed E-state index contributed by atoms with van der Waals surface area (Å²) in [5, 5.41) is 3.17. The molecule has 2 aliphatic carbocycles. The predicted molar refractivity (Wildman–Crippen MR) is 156 cm³/mol. The van der Waals surface area contributed by atoms with Gasteiger partial charge in [0.05, 0.1) is 12.2 Å². The molecule has 1 N–H and O–H groups in total. The van der Waals surface area contributed by atoms with Crippen LogP contribution in [0.1, 0.15) is 87.2 Å². The van der Waals surface area contributed by atoms with Crippen molar-refractivity contribution in [2.24, 2.45) is 11.3 Å². The Kier molecular flexibility index (Phi) is 7.35. The number of carbonyl (C=O) groups excluding carboxylic acids is 1. The van der Waals surface area contributed by atoms with Gasteiger partial charge in [0.15, 0.2) is 0 Å². The summed E-state index contributed by atoms with van der Waals surface area (Å²) in [4.78, 5) is 20.3. The predicted octanol–water partition coefficient (Wildman–Crippen LogP) is 8.26. The van der Waals surface area contributed by atoms with E-state index in [9.17, 15) is 4.79 Å². The van der Waals surface area contributed by atoms with Crippen LogP contribution >= 0.6 is 0 Å². The first-order valence-electron chi connectivity index (χ1n) is 14.3. The Morgan fingerprint density at radius 3 is 2.58 bits per heavy atom. The van der Waals surface area contributed by atoms with Crippen molar-refractivity contribution >= 4 is 11.7 Å². The Morgan fingerprint density at radius 1 is 1.08 bits per heavy atom. The molecule has 1 aromatic heterocycles. The molecule has 4 heteroatoms. The zero-order chi connectivity index (χ0) is 26.9. The van der Waals surface area contributed by atoms with Crippen LogP contribution in [0.15, 0.2) is 66.9 Å². The van der Waals surface area contributed by atoms with Crippen LogP contribution in [0, 0.1) is 18.3 Å². The summed E-state index contributed by atoms with van der Waals surface area (Å²) < 4.78 is 0. The molecule has 200 valence electrons. The average molecular weight is 510 g/mol. The van der Waals surface area contributed by atoms with E-state index in [-0.39, 0.29) is 16.9 Å². The average Bonchev–Trinajstić information content (AvgIpc) is 2.90. The number of nitrogens with one attached hydrogen (secondary N) is 1. The van der Waals surface area contributed by atoms with Crippen molar-refractivity contribution < 1.29 is 4.79 Å². The summed E-state index contributed by atoms with van der Waals surface area (Å²) in [6, 6.07) is 21.2. The summed E-state index contributed by atoms with van der Waals surface area (Å²) in [5.74, 6) is 1.08. The Morgan fingerprint density at radius 2 is 1.87 bits per heavy atom. The molecule has 1 fully saturated rings. The Balaban J connectivity index is 1.44. The second kappa shape index (κ2) is 10.6. The van der Waals surface area contributed by atoms with Crippen molar-refractivity contribution in [1.82, 2.24) is 9.88 Å². The van der Waals surface area contributed by atoms with Crippen molar-refractivity contribution in [1.29, 1.82) is 0 Å². The van der Waals surface area contributed by atoms with Gasteiger partial charge in [0.2, 0.25) is 0 Å². The number of carbonyl (C=O) groups is 1. The van der Waals surface area contributed by atoms with E-state index in [0.29, 0.717) is 18.4 Å². The number of hydrogen-bond acceptors (Lipinski definition) is 2. The van der Waals surface area contributed by atoms with Gasteiger partial charge >= 0.3 is 6.03 Å². The van der Waals surface area contributed by atoms with E-state index in [4.69, 9.17) is 0 Å². The van der Waals surface area contributed by atoms with Gasteiger partial charge in [-0.3, -0.25) is 4.98 Å². The summed E-state index contributed by atoms with van der Waals surface area (Å²) >= 11 is 0. The van der Waals surface area contributed by atoms with Crippen LogP contribution in [0.4, 0.5) is 10.5 Å². The molecule has 1 saturated carbocycles. The number of anilines is 1. The smallest absolute Gasteiger partial charge is 0.318 e. The number of hydrogen-bond donors (Lipinski definition) is 1. The lowest BCUT2D eigenvalue weighted by molar-refractivity contribution is 0.00450. The summed E-state index contributed by atoms with van der Waals surface area (Å²) in [7, 11) is 0. The van der Waals surface area contributed by atoms with Gasteiger partial charge in [-0.1, -0.05) is 76.1 Å². The first-order chi connectivity index (χ1) is 18.2. The van der Waals surface area contributed by atoms with Crippen molar-refractivity contribution in [2.75, 3.05) is 11.9 Å². The second-order valence-corrected chi connectivity index (χ2v) is 12.6. The van der Waals surface area contributed by atoms with Gasteiger partial charge in [-0.05, 0) is 96.2 Å². The number of benzene rings is 2. The number of amides is 2. The monoisotopic (exact) mass is 509 g/mol. The van der Waals surface area contributed by atoms with Gasteiger partial charge < -0.3 is 10.2 Å². The third-order valence-electron chi connectivity index (χ3n) is 9.39. The van der Waals surface area contributed by atoms with E-state index in [1.165, 1.54) is 30.4 Å². The second-order valence-electron chi connectivity index (χ2n) is 12.6. The van der Waals surface area contributed by atoms with Crippen molar-refractivity contribution in [3.05, 3.63) is 94.8 Å². The van der Waals surface area contributed by atoms with Gasteiger partial charge in [-0.25, -0.2) is 4.79 Å². The molecule has 38 heavy (non-hydrogen) atoms. The normalized spacial score (nSPS) is 24.4. The first-order valence-corrected chi connectivity index (χ1v) is 14.3. The lowest BCUT2D eigenvalue weighted by atomic mass is 9.49. The minimum Gasteiger partial charge on any atom is -0.318 e. The van der Waals surface area contributed by atoms with E-state index in [0.717, 1.165) is 30.8 Å². The van der Waals surface area contributed by atoms with Gasteiger partial charge in [0.25, 0.3) is 0 Å². The van der Waals surface area contributed by atoms with Crippen LogP contribution in [0.2, 0.25) is 0 Å². The topological polar surface area (TPSA) is 45.2 Å². The molecule has 0 radical (unpaired) electrons. The maximum atomic E-state index is 13.7. The summed E-state index contributed by atoms with van der Waals surface area (Å²) in [6.07, 6.45) is 7.67. The molecule has 0 bridgehead atoms. The molecule has 0 aliphatic heterocycles. The molecule has 0 spiro atoms. The Bertz CT molecular complexity index is 1270. The van der Waals surface area contributed by atoms with Crippen LogP contribution in [-0.2, 0) is 18.4 Å². The Hall–Kier alpha value is -3.14. The van der Waals surface area contributed by atoms with E-state index in [1.54, 1.807) is 11.1 Å². The molecular weight excluding hydrogens is 466 g/mol. The number of rotatable bonds is 6. The molecular formula is C34H43N3O. The third-order valence-corrected chi connectivity index (χ3v) is 9.39. The highest BCUT2D eigenvalue weighted by atomic mass is 16.2. The van der Waals surface area contributed by atoms with Gasteiger partial charge in [0.1, 0.15) is 0 Å². The van der Waals surface area contributed by atoms with E-state index in [1.807, 2.05) is 53.6 Å². The zero-order valence-electron chi connectivity index (χ0n) is 23.8. The molecule has 3 atom stereocenters. The number of fused-ring (bicyclic) bond motifs is 3. The van der Waals surface area contributed by atoms with Crippen molar-refractivity contribution in [3.63, 3.8) is 0 Å². The fourth-order valence-electron chi connectivity index (χ4n) is 7.35. The minimum absolute atomic E-state index is 0.0286. The molecule has 0 saturated heterocycles. The minimum atomic E-state index is -0.0502. The van der Waals surface area contributed by atoms with E-state index >= 15 is 0 Å². The molecule has 0 unspecified atom stereocenters. The highest BCUT2D eigenvalue weighted by Crippen LogP contribution is 2.57. The molecule has 2 amide bonds. The fourth-order valence-corrected chi connectivity index (χ4v) is 7.35. The Labute approximate surface area is 228 Å². The number of aryl methyl sites for hydroxylation is 2. The van der Waals surface area contributed by atoms with Crippen LogP contribution in [-0.4, -0.2) is 22.5 Å². The molecule has 3 aromatic rings. The van der Waals surface area contributed by atoms with Crippen LogP contribution in [0.25, 0.3) is 0 Å². The largest absolute Gasteiger partial charge is 0.322 e. The number of urea groups is 1. The maximum absolute atomic E-state index is 13.7. The standard InChI is InChI=1S/C34H43N3O/c1-24(2)26-12-16-30-27(21-26)13-17-31-33(4,18-8-19-34(30,31)5)23-37(22-29-9-6-7-20-35-29)32(38)36-28-14-10-25(3)11-15-28/h6-7,9-12,14-16,20-21,24,31H,8,13,17-19,22-23H2,1-5H3,(H,36,38)/t31-,33+,34-/m1/s1. The van der Waals surface area contributed by atoms with Crippen LogP contribution < -0.4 is 5.32 Å². The zero-order valence-corrected chi connectivity index (χ0v) is 23.8. The quantitative estimate of drug-likeness (QED) is 0.363. The van der Waals surface area contributed by atoms with Gasteiger partial charge in [0, 0.05) is 18.4 Å². The number of nitrogens with zero attached hydrogens (tertiary/aromatic N) is 2. The van der Waals surface area contributed by atoms with E-state index < -0.39 is 0 Å². The van der Waals surface area contributed by atoms with Gasteiger partial charge in [-0.15, -0.1) is 0 Å². The maximum Gasteiger partial charge on any atom is 0.322 e. The molecule has 2 aromatic carbocycles. The summed E-state index contributed by atoms with van der Waals surface area (Å²) in [6.45, 7) is 12.8. The molecule has 2 aliphatic rings. The fraction of sp³-hybridized carbons (Fsp3) is 0.471. The molecule has 1 heterocycles. The summed E-state index contributed by atoms with van der Waals surface area (Å²) in [5.41, 5.74) is 7.63. The van der Waals surface area contributed by atoms with Crippen LogP contribution in [0.5, 0.6) is 0 Å². The highest BCUT2D eigenvalue weighted by Gasteiger charge is 2.52. The molecule has 4 nitrogen and oxygen atoms in total. The lowest BCUT2D eigenvalue weighted by Gasteiger charge is -2.56. The SMILES string of the molecule is Cc1ccc(NC(=O)N(Cc2ccccn2)C[C@]2(C)CCC[C@]3(C)c4ccc(C(C)C)cc4CC[C@H]23)cc1. The first kappa shape index (κ1) is 26.5.